The Morgan fingerprint density at radius 2 is 2.14 bits per heavy atom. The van der Waals surface area contributed by atoms with Gasteiger partial charge in [0.15, 0.2) is 0 Å². The molecule has 0 aliphatic carbocycles. The summed E-state index contributed by atoms with van der Waals surface area (Å²) in [5.41, 5.74) is 0.00573. The summed E-state index contributed by atoms with van der Waals surface area (Å²) in [5.74, 6) is 0. The SMILES string of the molecule is C/C=C/n1ncn(CC(C)(C)C)c1=O. The summed E-state index contributed by atoms with van der Waals surface area (Å²) in [5, 5.41) is 3.97. The topological polar surface area (TPSA) is 39.8 Å². The number of nitrogens with zero attached hydrogens (tertiary/aromatic N) is 3. The van der Waals surface area contributed by atoms with E-state index in [9.17, 15) is 4.79 Å². The molecule has 4 heteroatoms. The third-order valence-corrected chi connectivity index (χ3v) is 1.69. The van der Waals surface area contributed by atoms with Gasteiger partial charge in [0.25, 0.3) is 0 Å². The van der Waals surface area contributed by atoms with Crippen LogP contribution in [0.1, 0.15) is 27.7 Å². The van der Waals surface area contributed by atoms with Crippen LogP contribution in [-0.4, -0.2) is 14.3 Å². The Hall–Kier alpha value is -1.32. The van der Waals surface area contributed by atoms with Gasteiger partial charge in [-0.1, -0.05) is 26.8 Å². The molecule has 1 aromatic heterocycles. The van der Waals surface area contributed by atoms with Gasteiger partial charge >= 0.3 is 5.69 Å². The number of hydrogen-bond acceptors (Lipinski definition) is 2. The largest absolute Gasteiger partial charge is 0.349 e. The second kappa shape index (κ2) is 3.82. The molecule has 1 rings (SSSR count). The summed E-state index contributed by atoms with van der Waals surface area (Å²) >= 11 is 0. The zero-order valence-corrected chi connectivity index (χ0v) is 9.19. The van der Waals surface area contributed by atoms with Gasteiger partial charge in [0.05, 0.1) is 0 Å². The second-order valence-electron chi connectivity index (χ2n) is 4.53. The van der Waals surface area contributed by atoms with Crippen molar-refractivity contribution < 1.29 is 0 Å². The lowest BCUT2D eigenvalue weighted by atomic mass is 9.97. The van der Waals surface area contributed by atoms with Crippen molar-refractivity contribution in [1.29, 1.82) is 0 Å². The molecule has 0 spiro atoms. The lowest BCUT2D eigenvalue weighted by molar-refractivity contribution is 0.338. The summed E-state index contributed by atoms with van der Waals surface area (Å²) in [6.07, 6.45) is 5.02. The maximum absolute atomic E-state index is 11.6. The molecule has 1 heterocycles. The molecule has 1 aromatic rings. The first-order valence-electron chi connectivity index (χ1n) is 4.71. The molecule has 0 fully saturated rings. The Kier molecular flexibility index (Phi) is 2.93. The summed E-state index contributed by atoms with van der Waals surface area (Å²) in [7, 11) is 0. The standard InChI is InChI=1S/C10H17N3O/c1-5-6-13-9(14)12(8-11-13)7-10(2,3)4/h5-6,8H,7H2,1-4H3/b6-5+. The predicted molar refractivity (Wildman–Crippen MR) is 56.9 cm³/mol. The lowest BCUT2D eigenvalue weighted by Crippen LogP contribution is -2.27. The molecule has 0 aliphatic rings. The monoisotopic (exact) mass is 195 g/mol. The van der Waals surface area contributed by atoms with E-state index in [1.165, 1.54) is 4.68 Å². The summed E-state index contributed by atoms with van der Waals surface area (Å²) < 4.78 is 2.96. The molecular formula is C10H17N3O. The Balaban J connectivity index is 2.97. The minimum atomic E-state index is -0.0852. The van der Waals surface area contributed by atoms with Crippen LogP contribution in [0.5, 0.6) is 0 Å². The molecule has 0 N–H and O–H groups in total. The van der Waals surface area contributed by atoms with E-state index in [-0.39, 0.29) is 11.1 Å². The fourth-order valence-corrected chi connectivity index (χ4v) is 1.21. The van der Waals surface area contributed by atoms with Gasteiger partial charge in [-0.3, -0.25) is 4.57 Å². The third-order valence-electron chi connectivity index (χ3n) is 1.69. The van der Waals surface area contributed by atoms with Gasteiger partial charge in [-0.05, 0) is 12.3 Å². The summed E-state index contributed by atoms with van der Waals surface area (Å²) in [4.78, 5) is 11.6. The predicted octanol–water partition coefficient (Wildman–Crippen LogP) is 1.58. The van der Waals surface area contributed by atoms with E-state index in [0.717, 1.165) is 0 Å². The van der Waals surface area contributed by atoms with Crippen LogP contribution in [0.3, 0.4) is 0 Å². The average molecular weight is 195 g/mol. The molecule has 78 valence electrons. The Morgan fingerprint density at radius 3 is 2.64 bits per heavy atom. The molecule has 0 saturated heterocycles. The smallest absolute Gasteiger partial charge is 0.281 e. The minimum Gasteiger partial charge on any atom is -0.281 e. The Labute approximate surface area is 83.9 Å². The number of hydrogen-bond donors (Lipinski definition) is 0. The van der Waals surface area contributed by atoms with E-state index in [0.29, 0.717) is 6.54 Å². The fourth-order valence-electron chi connectivity index (χ4n) is 1.21. The minimum absolute atomic E-state index is 0.0852. The third kappa shape index (κ3) is 2.58. The number of rotatable bonds is 2. The second-order valence-corrected chi connectivity index (χ2v) is 4.53. The molecule has 4 nitrogen and oxygen atoms in total. The summed E-state index contributed by atoms with van der Waals surface area (Å²) in [6.45, 7) is 8.81. The highest BCUT2D eigenvalue weighted by molar-refractivity contribution is 5.16. The maximum Gasteiger partial charge on any atom is 0.349 e. The van der Waals surface area contributed by atoms with Crippen LogP contribution in [0.15, 0.2) is 17.2 Å². The van der Waals surface area contributed by atoms with E-state index >= 15 is 0 Å². The van der Waals surface area contributed by atoms with Crippen LogP contribution < -0.4 is 5.69 Å². The highest BCUT2D eigenvalue weighted by Crippen LogP contribution is 2.14. The Bertz CT molecular complexity index is 379. The first-order chi connectivity index (χ1) is 6.44. The molecule has 14 heavy (non-hydrogen) atoms. The average Bonchev–Trinajstić information content (AvgIpc) is 2.34. The van der Waals surface area contributed by atoms with Gasteiger partial charge in [0.1, 0.15) is 6.33 Å². The zero-order chi connectivity index (χ0) is 10.8. The molecule has 0 saturated carbocycles. The molecule has 0 atom stereocenters. The van der Waals surface area contributed by atoms with Crippen molar-refractivity contribution >= 4 is 6.20 Å². The van der Waals surface area contributed by atoms with E-state index in [2.05, 4.69) is 25.9 Å². The van der Waals surface area contributed by atoms with Crippen molar-refractivity contribution in [3.05, 3.63) is 22.9 Å². The van der Waals surface area contributed by atoms with Crippen LogP contribution in [0.2, 0.25) is 0 Å². The van der Waals surface area contributed by atoms with E-state index < -0.39 is 0 Å². The molecule has 0 amide bonds. The van der Waals surface area contributed by atoms with Gasteiger partial charge in [0, 0.05) is 12.7 Å². The number of allylic oxidation sites excluding steroid dienone is 1. The van der Waals surface area contributed by atoms with Gasteiger partial charge < -0.3 is 0 Å². The highest BCUT2D eigenvalue weighted by Gasteiger charge is 2.13. The van der Waals surface area contributed by atoms with Crippen molar-refractivity contribution in [2.24, 2.45) is 5.41 Å². The van der Waals surface area contributed by atoms with Gasteiger partial charge in [-0.25, -0.2) is 4.79 Å². The maximum atomic E-state index is 11.6. The van der Waals surface area contributed by atoms with Crippen LogP contribution in [0.4, 0.5) is 0 Å². The quantitative estimate of drug-likeness (QED) is 0.718. The van der Waals surface area contributed by atoms with E-state index in [1.807, 2.05) is 6.92 Å². The molecule has 0 radical (unpaired) electrons. The first kappa shape index (κ1) is 10.8. The van der Waals surface area contributed by atoms with Crippen molar-refractivity contribution in [3.63, 3.8) is 0 Å². The molecular weight excluding hydrogens is 178 g/mol. The van der Waals surface area contributed by atoms with Crippen LogP contribution in [-0.2, 0) is 6.54 Å². The van der Waals surface area contributed by atoms with Crippen LogP contribution in [0.25, 0.3) is 6.20 Å². The molecule has 0 unspecified atom stereocenters. The van der Waals surface area contributed by atoms with Crippen molar-refractivity contribution in [2.75, 3.05) is 0 Å². The van der Waals surface area contributed by atoms with Crippen LogP contribution in [0, 0.1) is 5.41 Å². The van der Waals surface area contributed by atoms with Crippen molar-refractivity contribution in [2.45, 2.75) is 34.2 Å². The van der Waals surface area contributed by atoms with E-state index in [4.69, 9.17) is 0 Å². The molecule has 0 aromatic carbocycles. The van der Waals surface area contributed by atoms with E-state index in [1.54, 1.807) is 23.2 Å². The summed E-state index contributed by atoms with van der Waals surface area (Å²) in [6, 6.07) is 0. The number of aromatic nitrogens is 3. The van der Waals surface area contributed by atoms with Gasteiger partial charge in [-0.2, -0.15) is 9.78 Å². The molecule has 0 bridgehead atoms. The van der Waals surface area contributed by atoms with Crippen molar-refractivity contribution in [3.8, 4) is 0 Å². The van der Waals surface area contributed by atoms with Crippen molar-refractivity contribution in [1.82, 2.24) is 14.3 Å². The first-order valence-corrected chi connectivity index (χ1v) is 4.71. The lowest BCUT2D eigenvalue weighted by Gasteiger charge is -2.17. The van der Waals surface area contributed by atoms with Gasteiger partial charge in [0.2, 0.25) is 0 Å². The fraction of sp³-hybridized carbons (Fsp3) is 0.600. The Morgan fingerprint density at radius 1 is 1.50 bits per heavy atom. The van der Waals surface area contributed by atoms with Crippen LogP contribution >= 0.6 is 0 Å². The highest BCUT2D eigenvalue weighted by atomic mass is 16.2. The van der Waals surface area contributed by atoms with Gasteiger partial charge in [-0.15, -0.1) is 0 Å². The normalized spacial score (nSPS) is 12.6. The zero-order valence-electron chi connectivity index (χ0n) is 9.19. The molecule has 0 aliphatic heterocycles.